The summed E-state index contributed by atoms with van der Waals surface area (Å²) in [5.74, 6) is -1.33. The minimum atomic E-state index is -1.15. The first-order valence-corrected chi connectivity index (χ1v) is 14.2. The topological polar surface area (TPSA) is 115 Å². The lowest BCUT2D eigenvalue weighted by atomic mass is 9.92. The van der Waals surface area contributed by atoms with Gasteiger partial charge in [-0.1, -0.05) is 0 Å². The van der Waals surface area contributed by atoms with Gasteiger partial charge < -0.3 is 15.0 Å². The maximum Gasteiger partial charge on any atom is 0.257 e. The zero-order valence-electron chi connectivity index (χ0n) is 23.6. The molecule has 10 nitrogen and oxygen atoms in total. The molecule has 6 rings (SSSR count). The Hall–Kier alpha value is -4.45. The van der Waals surface area contributed by atoms with Crippen molar-refractivity contribution in [1.29, 1.82) is 0 Å². The molecule has 1 saturated heterocycles. The van der Waals surface area contributed by atoms with E-state index in [1.54, 1.807) is 50.3 Å². The Morgan fingerprint density at radius 2 is 1.79 bits per heavy atom. The third kappa shape index (κ3) is 5.54. The van der Waals surface area contributed by atoms with E-state index in [1.807, 2.05) is 0 Å². The number of pyridine rings is 1. The number of alkyl halides is 1. The third-order valence-electron chi connectivity index (χ3n) is 7.84. The molecule has 3 aromatic heterocycles. The highest BCUT2D eigenvalue weighted by molar-refractivity contribution is 6.27. The molecule has 1 aliphatic carbocycles. The molecule has 13 heteroatoms. The van der Waals surface area contributed by atoms with Gasteiger partial charge in [-0.3, -0.25) is 9.59 Å². The summed E-state index contributed by atoms with van der Waals surface area (Å²) in [5.41, 5.74) is 0.370. The smallest absolute Gasteiger partial charge is 0.257 e. The van der Waals surface area contributed by atoms with Crippen LogP contribution >= 0.6 is 11.6 Å². The summed E-state index contributed by atoms with van der Waals surface area (Å²) in [7, 11) is 0. The molecular formula is C30H28ClF2N7O3. The maximum absolute atomic E-state index is 15.9. The summed E-state index contributed by atoms with van der Waals surface area (Å²) in [6.07, 6.45) is 4.62. The summed E-state index contributed by atoms with van der Waals surface area (Å²) in [4.78, 5) is 40.0. The van der Waals surface area contributed by atoms with Crippen LogP contribution in [0.15, 0.2) is 55.0 Å². The van der Waals surface area contributed by atoms with Gasteiger partial charge in [-0.25, -0.2) is 28.4 Å². The summed E-state index contributed by atoms with van der Waals surface area (Å²) < 4.78 is 37.2. The highest BCUT2D eigenvalue weighted by Crippen LogP contribution is 2.48. The second-order valence-corrected chi connectivity index (χ2v) is 11.5. The van der Waals surface area contributed by atoms with Gasteiger partial charge >= 0.3 is 0 Å². The van der Waals surface area contributed by atoms with Gasteiger partial charge in [0.15, 0.2) is 5.82 Å². The van der Waals surface area contributed by atoms with E-state index in [1.165, 1.54) is 35.0 Å². The van der Waals surface area contributed by atoms with Crippen LogP contribution in [-0.2, 0) is 10.3 Å². The van der Waals surface area contributed by atoms with Crippen molar-refractivity contribution in [3.05, 3.63) is 83.4 Å². The lowest BCUT2D eigenvalue weighted by Gasteiger charge is -2.28. The van der Waals surface area contributed by atoms with E-state index in [-0.39, 0.29) is 46.9 Å². The molecule has 0 unspecified atom stereocenters. The number of aryl methyl sites for hydroxylation is 1. The number of ether oxygens (including phenoxy) is 1. The molecule has 1 aliphatic heterocycles. The molecule has 1 saturated carbocycles. The Kier molecular flexibility index (Phi) is 7.33. The van der Waals surface area contributed by atoms with Crippen molar-refractivity contribution in [3.8, 4) is 23.1 Å². The fraction of sp³-hybridized carbons (Fsp3) is 0.333. The summed E-state index contributed by atoms with van der Waals surface area (Å²) in [6, 6.07) is 8.48. The largest absolute Gasteiger partial charge is 0.474 e. The molecular weight excluding hydrogens is 580 g/mol. The number of fused-ring (bicyclic) bond motifs is 1. The Labute approximate surface area is 251 Å². The number of benzene rings is 1. The monoisotopic (exact) mass is 607 g/mol. The number of hydrogen-bond acceptors (Lipinski definition) is 7. The average Bonchev–Trinajstić information content (AvgIpc) is 3.28. The van der Waals surface area contributed by atoms with E-state index in [2.05, 4.69) is 25.4 Å². The van der Waals surface area contributed by atoms with Gasteiger partial charge in [-0.05, 0) is 51.1 Å². The molecule has 222 valence electrons. The number of aromatic nitrogens is 5. The number of carbonyl (C=O) groups is 2. The number of nitrogens with one attached hydrogen (secondary N) is 1. The fourth-order valence-electron chi connectivity index (χ4n) is 5.57. The van der Waals surface area contributed by atoms with Crippen molar-refractivity contribution in [3.63, 3.8) is 0 Å². The van der Waals surface area contributed by atoms with E-state index in [4.69, 9.17) is 16.3 Å². The maximum atomic E-state index is 15.9. The number of hydrogen-bond donors (Lipinski definition) is 1. The van der Waals surface area contributed by atoms with Crippen LogP contribution in [0.2, 0.25) is 0 Å². The zero-order valence-corrected chi connectivity index (χ0v) is 24.3. The van der Waals surface area contributed by atoms with Crippen molar-refractivity contribution in [2.75, 3.05) is 19.0 Å². The van der Waals surface area contributed by atoms with Crippen LogP contribution in [0, 0.1) is 30.4 Å². The standard InChI is InChI=1S/C30H28ClF2N7O3/c1-16-19(15-40(38-16)29-34-9-4-10-35-29)28(42)39-13-20-21(14-39)27(20)43-24-11-22(30(2,3)37-23(41)12-31)25(33)26(36-24)17-5-7-18(32)8-6-17/h4-11,15,20-21,27H,12-14H2,1-3H3,(H,37,41)/t20-,21+,27-. The Morgan fingerprint density at radius 1 is 1.12 bits per heavy atom. The quantitative estimate of drug-likeness (QED) is 0.301. The molecule has 2 fully saturated rings. The lowest BCUT2D eigenvalue weighted by molar-refractivity contribution is -0.120. The molecule has 0 radical (unpaired) electrons. The predicted molar refractivity (Wildman–Crippen MR) is 153 cm³/mol. The number of halogens is 3. The van der Waals surface area contributed by atoms with Crippen LogP contribution in [0.25, 0.3) is 17.2 Å². The number of nitrogens with zero attached hydrogens (tertiary/aromatic N) is 6. The van der Waals surface area contributed by atoms with Gasteiger partial charge in [-0.15, -0.1) is 11.6 Å². The molecule has 2 aliphatic rings. The third-order valence-corrected chi connectivity index (χ3v) is 8.09. The Bertz CT molecular complexity index is 1690. The fourth-order valence-corrected chi connectivity index (χ4v) is 5.64. The second-order valence-electron chi connectivity index (χ2n) is 11.2. The van der Waals surface area contributed by atoms with Crippen LogP contribution in [0.4, 0.5) is 8.78 Å². The Balaban J connectivity index is 1.20. The van der Waals surface area contributed by atoms with Crippen molar-refractivity contribution < 1.29 is 23.1 Å². The number of piperidine rings is 1. The summed E-state index contributed by atoms with van der Waals surface area (Å²) in [5, 5.41) is 7.12. The van der Waals surface area contributed by atoms with Gasteiger partial charge in [0.2, 0.25) is 17.7 Å². The predicted octanol–water partition coefficient (Wildman–Crippen LogP) is 4.05. The van der Waals surface area contributed by atoms with Crippen LogP contribution < -0.4 is 10.1 Å². The van der Waals surface area contributed by atoms with Crippen LogP contribution in [0.1, 0.15) is 35.5 Å². The molecule has 0 spiro atoms. The first kappa shape index (κ1) is 28.7. The average molecular weight is 608 g/mol. The van der Waals surface area contributed by atoms with Crippen LogP contribution in [-0.4, -0.2) is 66.5 Å². The van der Waals surface area contributed by atoms with Crippen molar-refractivity contribution in [2.45, 2.75) is 32.4 Å². The molecule has 4 aromatic rings. The molecule has 4 heterocycles. The highest BCUT2D eigenvalue weighted by atomic mass is 35.5. The summed E-state index contributed by atoms with van der Waals surface area (Å²) >= 11 is 5.68. The van der Waals surface area contributed by atoms with Crippen LogP contribution in [0.5, 0.6) is 5.88 Å². The van der Waals surface area contributed by atoms with E-state index >= 15 is 4.39 Å². The first-order chi connectivity index (χ1) is 20.6. The molecule has 1 N–H and O–H groups in total. The SMILES string of the molecule is Cc1nn(-c2ncccn2)cc1C(=O)N1C[C@@H]2[C@H](C1)[C@@H]2Oc1cc(C(C)(C)NC(=O)CCl)c(F)c(-c2ccc(F)cc2)n1. The normalized spacial score (nSPS) is 19.2. The van der Waals surface area contributed by atoms with Crippen LogP contribution in [0.3, 0.4) is 0 Å². The first-order valence-electron chi connectivity index (χ1n) is 13.7. The summed E-state index contributed by atoms with van der Waals surface area (Å²) in [6.45, 7) is 6.03. The minimum Gasteiger partial charge on any atom is -0.474 e. The van der Waals surface area contributed by atoms with Crippen molar-refractivity contribution in [1.82, 2.24) is 34.9 Å². The minimum absolute atomic E-state index is 0.0294. The molecule has 2 amide bonds. The van der Waals surface area contributed by atoms with E-state index in [0.717, 1.165) is 0 Å². The van der Waals surface area contributed by atoms with Gasteiger partial charge in [-0.2, -0.15) is 5.10 Å². The van der Waals surface area contributed by atoms with Crippen molar-refractivity contribution >= 4 is 23.4 Å². The van der Waals surface area contributed by atoms with Crippen molar-refractivity contribution in [2.24, 2.45) is 11.8 Å². The highest BCUT2D eigenvalue weighted by Gasteiger charge is 2.59. The zero-order chi connectivity index (χ0) is 30.5. The number of amides is 2. The Morgan fingerprint density at radius 3 is 2.44 bits per heavy atom. The molecule has 0 bridgehead atoms. The molecule has 1 aromatic carbocycles. The van der Waals surface area contributed by atoms with Gasteiger partial charge in [0.25, 0.3) is 5.91 Å². The molecule has 43 heavy (non-hydrogen) atoms. The van der Waals surface area contributed by atoms with Gasteiger partial charge in [0.05, 0.1) is 16.8 Å². The van der Waals surface area contributed by atoms with E-state index in [0.29, 0.717) is 35.9 Å². The van der Waals surface area contributed by atoms with E-state index < -0.39 is 23.1 Å². The lowest BCUT2D eigenvalue weighted by Crippen LogP contribution is -2.42. The molecule has 3 atom stereocenters. The second kappa shape index (κ2) is 11.0. The number of carbonyl (C=O) groups excluding carboxylic acids is 2. The number of rotatable bonds is 8. The number of likely N-dealkylation sites (tertiary alicyclic amines) is 1. The van der Waals surface area contributed by atoms with Gasteiger partial charge in [0, 0.05) is 60.7 Å². The van der Waals surface area contributed by atoms with Gasteiger partial charge in [0.1, 0.15) is 23.5 Å². The van der Waals surface area contributed by atoms with E-state index in [9.17, 15) is 14.0 Å².